The highest BCUT2D eigenvalue weighted by molar-refractivity contribution is 5.86. The van der Waals surface area contributed by atoms with E-state index >= 15 is 0 Å². The molecule has 0 aliphatic heterocycles. The molecule has 0 aliphatic carbocycles. The summed E-state index contributed by atoms with van der Waals surface area (Å²) in [4.78, 5) is 11.8. The van der Waals surface area contributed by atoms with Gasteiger partial charge in [-0.1, -0.05) is 64.1 Å². The van der Waals surface area contributed by atoms with Gasteiger partial charge < -0.3 is 0 Å². The highest BCUT2D eigenvalue weighted by Gasteiger charge is 2.11. The van der Waals surface area contributed by atoms with Gasteiger partial charge in [-0.2, -0.15) is 0 Å². The van der Waals surface area contributed by atoms with Crippen molar-refractivity contribution in [1.82, 2.24) is 0 Å². The molecular formula is C28H30O2. The van der Waals surface area contributed by atoms with Crippen molar-refractivity contribution in [3.05, 3.63) is 82.9 Å². The number of fused-ring (bicyclic) bond motifs is 2. The molecule has 154 valence electrons. The van der Waals surface area contributed by atoms with Crippen molar-refractivity contribution in [2.75, 3.05) is 0 Å². The van der Waals surface area contributed by atoms with Crippen LogP contribution in [0.2, 0.25) is 0 Å². The molecule has 0 spiro atoms. The quantitative estimate of drug-likeness (QED) is 0.235. The maximum Gasteiger partial charge on any atom is 0.182 e. The van der Waals surface area contributed by atoms with Crippen LogP contribution in [0.25, 0.3) is 21.5 Å². The highest BCUT2D eigenvalue weighted by Crippen LogP contribution is 2.31. The van der Waals surface area contributed by atoms with Crippen LogP contribution in [-0.2, 0) is 25.7 Å². The van der Waals surface area contributed by atoms with Gasteiger partial charge in [-0.15, -0.1) is 0 Å². The van der Waals surface area contributed by atoms with Crippen molar-refractivity contribution in [2.45, 2.75) is 53.4 Å². The molecule has 0 unspecified atom stereocenters. The molecule has 0 saturated carbocycles. The molecule has 2 heteroatoms. The molecule has 0 saturated heterocycles. The first-order chi connectivity index (χ1) is 14.6. The largest absolute Gasteiger partial charge is 0.290 e. The van der Waals surface area contributed by atoms with Gasteiger partial charge in [0.1, 0.15) is 0 Å². The molecule has 0 aromatic heterocycles. The molecular weight excluding hydrogens is 368 g/mol. The number of hydrogen-bond donors (Lipinski definition) is 0. The van der Waals surface area contributed by atoms with Crippen molar-refractivity contribution in [2.24, 2.45) is 0 Å². The monoisotopic (exact) mass is 398 g/mol. The lowest BCUT2D eigenvalue weighted by molar-refractivity contribution is -0.101. The minimum atomic E-state index is 0.790. The number of hydrogen-bond acceptors (Lipinski definition) is 2. The zero-order valence-corrected chi connectivity index (χ0v) is 18.4. The molecule has 4 aromatic carbocycles. The van der Waals surface area contributed by atoms with Crippen LogP contribution in [0.15, 0.2) is 60.7 Å². The van der Waals surface area contributed by atoms with Gasteiger partial charge in [-0.25, -0.2) is 0 Å². The van der Waals surface area contributed by atoms with Crippen LogP contribution < -0.4 is 9.78 Å². The summed E-state index contributed by atoms with van der Waals surface area (Å²) in [5.74, 6) is 1.58. The molecule has 0 bridgehead atoms. The number of aryl methyl sites for hydroxylation is 4. The number of benzene rings is 4. The van der Waals surface area contributed by atoms with Crippen LogP contribution >= 0.6 is 0 Å². The maximum atomic E-state index is 5.92. The average Bonchev–Trinajstić information content (AvgIpc) is 2.80. The second-order valence-electron chi connectivity index (χ2n) is 7.86. The van der Waals surface area contributed by atoms with Gasteiger partial charge in [-0.3, -0.25) is 9.78 Å². The van der Waals surface area contributed by atoms with E-state index in [4.69, 9.17) is 9.78 Å². The van der Waals surface area contributed by atoms with Gasteiger partial charge in [0.2, 0.25) is 0 Å². The average molecular weight is 399 g/mol. The Kier molecular flexibility index (Phi) is 5.94. The Labute approximate surface area is 179 Å². The van der Waals surface area contributed by atoms with Crippen LogP contribution in [0, 0.1) is 0 Å². The zero-order valence-electron chi connectivity index (χ0n) is 18.4. The molecule has 30 heavy (non-hydrogen) atoms. The van der Waals surface area contributed by atoms with Crippen molar-refractivity contribution in [3.63, 3.8) is 0 Å². The Balaban J connectivity index is 1.66. The Morgan fingerprint density at radius 1 is 0.467 bits per heavy atom. The van der Waals surface area contributed by atoms with E-state index in [1.54, 1.807) is 0 Å². The Morgan fingerprint density at radius 2 is 0.900 bits per heavy atom. The van der Waals surface area contributed by atoms with E-state index in [9.17, 15) is 0 Å². The van der Waals surface area contributed by atoms with Crippen LogP contribution in [0.3, 0.4) is 0 Å². The molecule has 0 heterocycles. The molecule has 0 aliphatic rings. The SMILES string of the molecule is CCc1ccc2cc(OOc3cc4ccc(CC)cc4cc3CC)c(CC)cc2c1. The van der Waals surface area contributed by atoms with E-state index in [2.05, 4.69) is 88.4 Å². The summed E-state index contributed by atoms with van der Waals surface area (Å²) in [5, 5.41) is 4.85. The zero-order chi connectivity index (χ0) is 21.1. The Morgan fingerprint density at radius 3 is 1.27 bits per heavy atom. The van der Waals surface area contributed by atoms with Crippen molar-refractivity contribution in [3.8, 4) is 11.5 Å². The van der Waals surface area contributed by atoms with E-state index in [0.717, 1.165) is 48.3 Å². The minimum absolute atomic E-state index is 0.790. The molecule has 4 aromatic rings. The summed E-state index contributed by atoms with van der Waals surface area (Å²) in [6, 6.07) is 21.9. The molecule has 0 fully saturated rings. The lowest BCUT2D eigenvalue weighted by Crippen LogP contribution is -2.05. The first kappa shape index (κ1) is 20.3. The lowest BCUT2D eigenvalue weighted by atomic mass is 10.0. The van der Waals surface area contributed by atoms with Crippen LogP contribution in [0.1, 0.15) is 49.9 Å². The summed E-state index contributed by atoms with van der Waals surface area (Å²) >= 11 is 0. The van der Waals surface area contributed by atoms with Gasteiger partial charge >= 0.3 is 0 Å². The Bertz CT molecular complexity index is 1100. The third-order valence-corrected chi connectivity index (χ3v) is 5.97. The van der Waals surface area contributed by atoms with Crippen LogP contribution in [-0.4, -0.2) is 0 Å². The summed E-state index contributed by atoms with van der Waals surface area (Å²) in [5.41, 5.74) is 5.01. The third kappa shape index (κ3) is 4.00. The molecule has 0 atom stereocenters. The standard InChI is InChI=1S/C28H30O2/c1-5-19-9-11-23-17-27(21(7-3)15-25(23)13-19)29-30-28-18-24-12-10-20(6-2)14-26(24)16-22(28)8-4/h9-18H,5-8H2,1-4H3. The first-order valence-corrected chi connectivity index (χ1v) is 11.1. The maximum absolute atomic E-state index is 5.92. The van der Waals surface area contributed by atoms with Crippen molar-refractivity contribution < 1.29 is 9.78 Å². The fourth-order valence-corrected chi connectivity index (χ4v) is 3.98. The lowest BCUT2D eigenvalue weighted by Gasteiger charge is -2.14. The molecule has 2 nitrogen and oxygen atoms in total. The van der Waals surface area contributed by atoms with E-state index in [1.165, 1.54) is 32.7 Å². The smallest absolute Gasteiger partial charge is 0.182 e. The first-order valence-electron chi connectivity index (χ1n) is 11.1. The summed E-state index contributed by atoms with van der Waals surface area (Å²) in [6.45, 7) is 8.67. The number of rotatable bonds is 7. The molecule has 0 amide bonds. The topological polar surface area (TPSA) is 18.5 Å². The third-order valence-electron chi connectivity index (χ3n) is 5.97. The summed E-state index contributed by atoms with van der Waals surface area (Å²) in [7, 11) is 0. The van der Waals surface area contributed by atoms with Gasteiger partial charge in [0, 0.05) is 0 Å². The molecule has 0 radical (unpaired) electrons. The second kappa shape index (κ2) is 8.79. The normalized spacial score (nSPS) is 11.2. The summed E-state index contributed by atoms with van der Waals surface area (Å²) in [6.07, 6.45) is 3.87. The second-order valence-corrected chi connectivity index (χ2v) is 7.86. The van der Waals surface area contributed by atoms with E-state index in [1.807, 2.05) is 0 Å². The van der Waals surface area contributed by atoms with Gasteiger partial charge in [0.25, 0.3) is 0 Å². The van der Waals surface area contributed by atoms with Gasteiger partial charge in [0.15, 0.2) is 11.5 Å². The molecule has 0 N–H and O–H groups in total. The van der Waals surface area contributed by atoms with E-state index in [-0.39, 0.29) is 0 Å². The highest BCUT2D eigenvalue weighted by atomic mass is 17.2. The van der Waals surface area contributed by atoms with Crippen molar-refractivity contribution >= 4 is 21.5 Å². The Hall–Kier alpha value is -3.00. The van der Waals surface area contributed by atoms with Gasteiger partial charge in [0.05, 0.1) is 0 Å². The van der Waals surface area contributed by atoms with E-state index < -0.39 is 0 Å². The van der Waals surface area contributed by atoms with E-state index in [0.29, 0.717) is 0 Å². The summed E-state index contributed by atoms with van der Waals surface area (Å²) < 4.78 is 0. The van der Waals surface area contributed by atoms with Gasteiger partial charge in [-0.05, 0) is 93.7 Å². The minimum Gasteiger partial charge on any atom is -0.290 e. The molecule has 4 rings (SSSR count). The van der Waals surface area contributed by atoms with Crippen LogP contribution in [0.4, 0.5) is 0 Å². The van der Waals surface area contributed by atoms with Crippen molar-refractivity contribution in [1.29, 1.82) is 0 Å². The van der Waals surface area contributed by atoms with Crippen LogP contribution in [0.5, 0.6) is 11.5 Å². The predicted octanol–water partition coefficient (Wildman–Crippen LogP) is 7.62. The predicted molar refractivity (Wildman–Crippen MR) is 127 cm³/mol. The fraction of sp³-hybridized carbons (Fsp3) is 0.286. The fourth-order valence-electron chi connectivity index (χ4n) is 3.98.